The first-order chi connectivity index (χ1) is 20.2. The fraction of sp³-hybridized carbons (Fsp3) is 0. The van der Waals surface area contributed by atoms with Crippen LogP contribution in [0.5, 0.6) is 5.75 Å². The van der Waals surface area contributed by atoms with E-state index in [2.05, 4.69) is 20.5 Å². The molecular weight excluding hydrogens is 692 g/mol. The molecule has 0 atom stereocenters. The first kappa shape index (κ1) is 33.0. The zero-order chi connectivity index (χ0) is 32.8. The Morgan fingerprint density at radius 2 is 1.09 bits per heavy atom. The van der Waals surface area contributed by atoms with E-state index >= 15 is 0 Å². The number of hydrogen-bond donors (Lipinski definition) is 5. The molecule has 17 nitrogen and oxygen atoms in total. The van der Waals surface area contributed by atoms with Crippen molar-refractivity contribution in [3.05, 3.63) is 65.7 Å². The molecule has 0 saturated carbocycles. The Balaban J connectivity index is 1.82. The van der Waals surface area contributed by atoms with Crippen LogP contribution in [0.3, 0.4) is 0 Å². The van der Waals surface area contributed by atoms with Gasteiger partial charge in [-0.1, -0.05) is 11.6 Å². The number of phenols is 1. The first-order valence-corrected chi connectivity index (χ1v) is 17.3. The predicted molar refractivity (Wildman–Crippen MR) is 151 cm³/mol. The minimum absolute atomic E-state index is 0.0847. The van der Waals surface area contributed by atoms with E-state index in [4.69, 9.17) is 16.2 Å². The highest BCUT2D eigenvalue weighted by Crippen LogP contribution is 2.45. The van der Waals surface area contributed by atoms with E-state index in [1.807, 2.05) is 0 Å². The van der Waals surface area contributed by atoms with Gasteiger partial charge in [-0.05, 0) is 66.0 Å². The van der Waals surface area contributed by atoms with Crippen molar-refractivity contribution in [1.82, 2.24) is 0 Å². The number of benzene rings is 4. The summed E-state index contributed by atoms with van der Waals surface area (Å²) in [7, 11) is -19.6. The van der Waals surface area contributed by atoms with Gasteiger partial charge in [-0.3, -0.25) is 18.2 Å². The van der Waals surface area contributed by atoms with E-state index in [-0.39, 0.29) is 22.1 Å². The van der Waals surface area contributed by atoms with Crippen molar-refractivity contribution in [2.24, 2.45) is 20.5 Å². The number of rotatable bonds is 8. The van der Waals surface area contributed by atoms with Crippen LogP contribution < -0.4 is 0 Å². The van der Waals surface area contributed by atoms with E-state index in [0.29, 0.717) is 6.07 Å². The van der Waals surface area contributed by atoms with Crippen molar-refractivity contribution in [3.8, 4) is 5.75 Å². The number of halogens is 1. The van der Waals surface area contributed by atoms with Crippen molar-refractivity contribution in [2.75, 3.05) is 0 Å². The molecular formula is C22H15ClN4O13S4. The smallest absolute Gasteiger partial charge is 0.296 e. The lowest BCUT2D eigenvalue weighted by Gasteiger charge is -2.11. The van der Waals surface area contributed by atoms with Crippen molar-refractivity contribution in [2.45, 2.75) is 19.6 Å². The Morgan fingerprint density at radius 3 is 1.64 bits per heavy atom. The summed E-state index contributed by atoms with van der Waals surface area (Å²) < 4.78 is 132. The SMILES string of the molecule is O=S(=O)(O)c1ccc(N=Nc2ccc(N=Nc3c(S(=O)(=O)O)cc4cc(S(=O)(=O)O)cc(Cl)c4c3O)c(S(=O)(=O)O)c2)cc1. The molecule has 0 saturated heterocycles. The monoisotopic (exact) mass is 706 g/mol. The van der Waals surface area contributed by atoms with Crippen LogP contribution >= 0.6 is 11.6 Å². The molecule has 232 valence electrons. The highest BCUT2D eigenvalue weighted by Gasteiger charge is 2.25. The summed E-state index contributed by atoms with van der Waals surface area (Å²) in [5, 5.41) is 24.2. The summed E-state index contributed by atoms with van der Waals surface area (Å²) in [6, 6.07) is 9.44. The van der Waals surface area contributed by atoms with Crippen molar-refractivity contribution in [3.63, 3.8) is 0 Å². The number of fused-ring (bicyclic) bond motifs is 1. The molecule has 0 radical (unpaired) electrons. The molecule has 4 aromatic carbocycles. The number of phenolic OH excluding ortho intramolecular Hbond substituents is 1. The van der Waals surface area contributed by atoms with Gasteiger partial charge in [-0.25, -0.2) is 0 Å². The third kappa shape index (κ3) is 7.23. The molecule has 0 unspecified atom stereocenters. The third-order valence-corrected chi connectivity index (χ3v) is 9.29. The minimum atomic E-state index is -5.21. The lowest BCUT2D eigenvalue weighted by Crippen LogP contribution is -2.01. The van der Waals surface area contributed by atoms with Gasteiger partial charge in [-0.15, -0.1) is 10.2 Å². The fourth-order valence-electron chi connectivity index (χ4n) is 3.61. The topological polar surface area (TPSA) is 287 Å². The lowest BCUT2D eigenvalue weighted by atomic mass is 10.1. The van der Waals surface area contributed by atoms with Crippen molar-refractivity contribution in [1.29, 1.82) is 0 Å². The molecule has 0 aliphatic heterocycles. The zero-order valence-corrected chi connectivity index (χ0v) is 25.1. The van der Waals surface area contributed by atoms with Crippen LogP contribution in [0.4, 0.5) is 22.7 Å². The third-order valence-electron chi connectivity index (χ3n) is 5.55. The van der Waals surface area contributed by atoms with Gasteiger partial charge in [-0.2, -0.15) is 43.9 Å². The number of aromatic hydroxyl groups is 1. The van der Waals surface area contributed by atoms with Gasteiger partial charge in [0.25, 0.3) is 40.5 Å². The lowest BCUT2D eigenvalue weighted by molar-refractivity contribution is 0.471. The average Bonchev–Trinajstić information content (AvgIpc) is 2.89. The van der Waals surface area contributed by atoms with Gasteiger partial charge in [0.05, 0.1) is 26.2 Å². The van der Waals surface area contributed by atoms with Gasteiger partial charge in [0.15, 0.2) is 5.75 Å². The highest BCUT2D eigenvalue weighted by atomic mass is 35.5. The Morgan fingerprint density at radius 1 is 0.545 bits per heavy atom. The van der Waals surface area contributed by atoms with E-state index in [1.165, 1.54) is 12.1 Å². The second-order valence-corrected chi connectivity index (χ2v) is 14.6. The standard InChI is InChI=1S/C22H15ClN4O13S4/c23-16-10-15(42(32,33)34)7-11-8-19(44(38,39)40)21(22(28)20(11)16)27-26-17-6-3-13(9-18(17)43(35,36)37)25-24-12-1-4-14(5-2-12)41(29,30)31/h1-10,28H,(H,29,30,31)(H,32,33,34)(H,35,36,37)(H,38,39,40). The molecule has 0 aliphatic carbocycles. The Labute approximate surface area is 253 Å². The van der Waals surface area contributed by atoms with E-state index in [9.17, 15) is 52.4 Å². The Hall–Kier alpha value is -3.93. The second-order valence-electron chi connectivity index (χ2n) is 8.52. The van der Waals surface area contributed by atoms with Crippen LogP contribution in [0.25, 0.3) is 10.8 Å². The largest absolute Gasteiger partial charge is 0.505 e. The van der Waals surface area contributed by atoms with Crippen LogP contribution in [-0.4, -0.2) is 57.0 Å². The van der Waals surface area contributed by atoms with Crippen LogP contribution in [0.2, 0.25) is 5.02 Å². The molecule has 0 aliphatic rings. The Kier molecular flexibility index (Phi) is 8.64. The summed E-state index contributed by atoms with van der Waals surface area (Å²) in [6.45, 7) is 0. The van der Waals surface area contributed by atoms with Gasteiger partial charge in [0.1, 0.15) is 21.2 Å². The summed E-state index contributed by atoms with van der Waals surface area (Å²) >= 11 is 6.04. The molecule has 0 heterocycles. The van der Waals surface area contributed by atoms with Crippen LogP contribution in [-0.2, 0) is 40.5 Å². The maximum atomic E-state index is 12.1. The van der Waals surface area contributed by atoms with E-state index in [0.717, 1.165) is 42.5 Å². The van der Waals surface area contributed by atoms with Gasteiger partial charge >= 0.3 is 0 Å². The fourth-order valence-corrected chi connectivity index (χ4v) is 6.32. The molecule has 4 aromatic rings. The number of azo groups is 2. The first-order valence-electron chi connectivity index (χ1n) is 11.1. The van der Waals surface area contributed by atoms with Gasteiger partial charge < -0.3 is 5.11 Å². The number of nitrogens with zero attached hydrogens (tertiary/aromatic N) is 4. The van der Waals surface area contributed by atoms with E-state index in [1.54, 1.807) is 0 Å². The summed E-state index contributed by atoms with van der Waals surface area (Å²) in [5.41, 5.74) is -1.66. The second kappa shape index (κ2) is 11.5. The average molecular weight is 707 g/mol. The maximum absolute atomic E-state index is 12.1. The molecule has 22 heteroatoms. The molecule has 0 fully saturated rings. The van der Waals surface area contributed by atoms with Crippen molar-refractivity contribution < 1.29 is 57.0 Å². The molecule has 0 bridgehead atoms. The van der Waals surface area contributed by atoms with Gasteiger partial charge in [0.2, 0.25) is 0 Å². The van der Waals surface area contributed by atoms with Crippen LogP contribution in [0, 0.1) is 0 Å². The summed E-state index contributed by atoms with van der Waals surface area (Å²) in [5.74, 6) is -1.04. The Bertz CT molecular complexity index is 2340. The molecule has 0 amide bonds. The van der Waals surface area contributed by atoms with Crippen LogP contribution in [0.15, 0.2) is 101 Å². The van der Waals surface area contributed by atoms with Crippen molar-refractivity contribution >= 4 is 85.6 Å². The van der Waals surface area contributed by atoms with E-state index < -0.39 is 82.2 Å². The summed E-state index contributed by atoms with van der Waals surface area (Å²) in [4.78, 5) is -3.22. The van der Waals surface area contributed by atoms with Crippen LogP contribution in [0.1, 0.15) is 0 Å². The highest BCUT2D eigenvalue weighted by molar-refractivity contribution is 7.86. The van der Waals surface area contributed by atoms with Gasteiger partial charge in [0, 0.05) is 5.39 Å². The molecule has 4 rings (SSSR count). The summed E-state index contributed by atoms with van der Waals surface area (Å²) in [6.07, 6.45) is 0. The molecule has 0 spiro atoms. The number of hydrogen-bond acceptors (Lipinski definition) is 13. The minimum Gasteiger partial charge on any atom is -0.505 e. The molecule has 44 heavy (non-hydrogen) atoms. The normalized spacial score (nSPS) is 13.3. The quantitative estimate of drug-likeness (QED) is 0.119. The maximum Gasteiger partial charge on any atom is 0.296 e. The molecule has 5 N–H and O–H groups in total. The molecule has 0 aromatic heterocycles. The predicted octanol–water partition coefficient (Wildman–Crippen LogP) is 5.02. The zero-order valence-electron chi connectivity index (χ0n) is 21.1.